The molecular weight excluding hydrogens is 475 g/mol. The fourth-order valence-corrected chi connectivity index (χ4v) is 3.91. The maximum absolute atomic E-state index is 12.4. The highest BCUT2D eigenvalue weighted by atomic mass is 79.9. The van der Waals surface area contributed by atoms with Crippen molar-refractivity contribution in [1.82, 2.24) is 9.62 Å². The molecule has 0 aliphatic carbocycles. The van der Waals surface area contributed by atoms with Crippen LogP contribution in [-0.4, -0.2) is 31.4 Å². The minimum Gasteiger partial charge on any atom is -0.348 e. The first-order valence-corrected chi connectivity index (χ1v) is 11.4. The zero-order chi connectivity index (χ0) is 20.2. The molecule has 0 saturated carbocycles. The Balaban J connectivity index is 2.09. The molecule has 2 aromatic rings. The number of sulfonamides is 1. The monoisotopic (exact) mass is 492 g/mol. The Hall–Kier alpha value is -1.12. The summed E-state index contributed by atoms with van der Waals surface area (Å²) in [4.78, 5) is 12.4. The number of benzene rings is 2. The first kappa shape index (κ1) is 22.2. The van der Waals surface area contributed by atoms with Crippen LogP contribution < -0.4 is 5.32 Å². The van der Waals surface area contributed by atoms with E-state index in [0.717, 1.165) is 20.6 Å². The zero-order valence-corrected chi connectivity index (χ0v) is 18.7. The highest BCUT2D eigenvalue weighted by Gasteiger charge is 2.22. The highest BCUT2D eigenvalue weighted by molar-refractivity contribution is 9.10. The predicted molar refractivity (Wildman–Crippen MR) is 112 cm³/mol. The number of rotatable bonds is 7. The van der Waals surface area contributed by atoms with Crippen molar-refractivity contribution in [2.45, 2.75) is 19.5 Å². The summed E-state index contributed by atoms with van der Waals surface area (Å²) in [6.45, 7) is 1.56. The van der Waals surface area contributed by atoms with Crippen LogP contribution in [0.15, 0.2) is 46.9 Å². The van der Waals surface area contributed by atoms with Crippen molar-refractivity contribution in [1.29, 1.82) is 0 Å². The summed E-state index contributed by atoms with van der Waals surface area (Å²) in [5, 5.41) is 3.53. The molecule has 0 bridgehead atoms. The number of carbonyl (C=O) groups is 1. The van der Waals surface area contributed by atoms with E-state index in [4.69, 9.17) is 23.2 Å². The Bertz CT molecular complexity index is 938. The van der Waals surface area contributed by atoms with Crippen LogP contribution in [0, 0.1) is 0 Å². The van der Waals surface area contributed by atoms with E-state index in [1.807, 2.05) is 31.2 Å². The smallest absolute Gasteiger partial charge is 0.235 e. The first-order valence-electron chi connectivity index (χ1n) is 8.00. The minimum absolute atomic E-state index is 0.0222. The van der Waals surface area contributed by atoms with E-state index in [0.29, 0.717) is 15.6 Å². The van der Waals surface area contributed by atoms with Gasteiger partial charge in [0.05, 0.1) is 28.9 Å². The maximum Gasteiger partial charge on any atom is 0.235 e. The summed E-state index contributed by atoms with van der Waals surface area (Å²) >= 11 is 15.3. The highest BCUT2D eigenvalue weighted by Crippen LogP contribution is 2.24. The van der Waals surface area contributed by atoms with Crippen LogP contribution in [0.4, 0.5) is 0 Å². The molecule has 0 unspecified atom stereocenters. The molecule has 27 heavy (non-hydrogen) atoms. The van der Waals surface area contributed by atoms with E-state index in [1.54, 1.807) is 18.2 Å². The molecule has 1 N–H and O–H groups in total. The Kier molecular flexibility index (Phi) is 7.71. The average molecular weight is 494 g/mol. The van der Waals surface area contributed by atoms with Gasteiger partial charge in [-0.15, -0.1) is 0 Å². The maximum atomic E-state index is 12.4. The second kappa shape index (κ2) is 9.39. The molecule has 9 heteroatoms. The van der Waals surface area contributed by atoms with Gasteiger partial charge in [-0.2, -0.15) is 4.31 Å². The number of hydrogen-bond acceptors (Lipinski definition) is 3. The van der Waals surface area contributed by atoms with E-state index in [1.165, 1.54) is 0 Å². The molecule has 0 spiro atoms. The summed E-state index contributed by atoms with van der Waals surface area (Å²) in [6, 6.07) is 12.1. The van der Waals surface area contributed by atoms with Crippen LogP contribution >= 0.6 is 39.1 Å². The lowest BCUT2D eigenvalue weighted by Crippen LogP contribution is -2.40. The van der Waals surface area contributed by atoms with Gasteiger partial charge in [-0.25, -0.2) is 8.42 Å². The van der Waals surface area contributed by atoms with Crippen LogP contribution in [0.5, 0.6) is 0 Å². The Morgan fingerprint density at radius 1 is 1.19 bits per heavy atom. The number of amides is 1. The first-order chi connectivity index (χ1) is 12.6. The summed E-state index contributed by atoms with van der Waals surface area (Å²) in [6.07, 6.45) is 1.07. The molecule has 2 aromatic carbocycles. The molecule has 0 aromatic heterocycles. The zero-order valence-electron chi connectivity index (χ0n) is 14.7. The Morgan fingerprint density at radius 3 is 2.48 bits per heavy atom. The van der Waals surface area contributed by atoms with Crippen LogP contribution in [-0.2, 0) is 21.4 Å². The van der Waals surface area contributed by atoms with Crippen molar-refractivity contribution in [3.8, 4) is 0 Å². The molecule has 0 aliphatic heterocycles. The van der Waals surface area contributed by atoms with Gasteiger partial charge in [0.2, 0.25) is 15.9 Å². The topological polar surface area (TPSA) is 66.5 Å². The van der Waals surface area contributed by atoms with Gasteiger partial charge in [-0.1, -0.05) is 57.3 Å². The average Bonchev–Trinajstić information content (AvgIpc) is 2.56. The van der Waals surface area contributed by atoms with Crippen molar-refractivity contribution < 1.29 is 13.2 Å². The molecule has 2 rings (SSSR count). The van der Waals surface area contributed by atoms with Gasteiger partial charge in [-0.3, -0.25) is 4.79 Å². The number of nitrogens with zero attached hydrogens (tertiary/aromatic N) is 1. The summed E-state index contributed by atoms with van der Waals surface area (Å²) in [5.74, 6) is -0.395. The molecular formula is C18H19BrCl2N2O3S. The second-order valence-corrected chi connectivity index (χ2v) is 9.84. The molecule has 0 fully saturated rings. The van der Waals surface area contributed by atoms with Crippen LogP contribution in [0.1, 0.15) is 24.1 Å². The molecule has 0 radical (unpaired) electrons. The summed E-state index contributed by atoms with van der Waals surface area (Å²) in [7, 11) is -3.60. The second-order valence-electron chi connectivity index (χ2n) is 6.12. The van der Waals surface area contributed by atoms with Gasteiger partial charge < -0.3 is 5.32 Å². The third-order valence-corrected chi connectivity index (χ3v) is 6.29. The number of carbonyl (C=O) groups excluding carboxylic acids is 1. The lowest BCUT2D eigenvalue weighted by atomic mass is 10.1. The molecule has 0 heterocycles. The molecule has 1 atom stereocenters. The van der Waals surface area contributed by atoms with Gasteiger partial charge in [0.25, 0.3) is 0 Å². The van der Waals surface area contributed by atoms with Crippen molar-refractivity contribution in [2.24, 2.45) is 0 Å². The number of nitrogens with one attached hydrogen (secondary N) is 1. The van der Waals surface area contributed by atoms with Crippen molar-refractivity contribution in [3.05, 3.63) is 68.1 Å². The van der Waals surface area contributed by atoms with Gasteiger partial charge in [0.15, 0.2) is 0 Å². The standard InChI is InChI=1S/C18H19BrCl2N2O3S/c1-12(14-4-3-5-15(19)9-14)22-18(24)11-23(27(2,25)26)10-13-6-7-16(20)17(21)8-13/h3-9,12H,10-11H2,1-2H3,(H,22,24)/t12-/m1/s1. The van der Waals surface area contributed by atoms with Crippen molar-refractivity contribution in [2.75, 3.05) is 12.8 Å². The van der Waals surface area contributed by atoms with Gasteiger partial charge in [-0.05, 0) is 42.3 Å². The SMILES string of the molecule is C[C@@H](NC(=O)CN(Cc1ccc(Cl)c(Cl)c1)S(C)(=O)=O)c1cccc(Br)c1. The number of hydrogen-bond donors (Lipinski definition) is 1. The van der Waals surface area contributed by atoms with Gasteiger partial charge >= 0.3 is 0 Å². The van der Waals surface area contributed by atoms with E-state index in [9.17, 15) is 13.2 Å². The third kappa shape index (κ3) is 6.76. The fourth-order valence-electron chi connectivity index (χ4n) is 2.44. The molecule has 1 amide bonds. The van der Waals surface area contributed by atoms with Crippen molar-refractivity contribution in [3.63, 3.8) is 0 Å². The Morgan fingerprint density at radius 2 is 1.89 bits per heavy atom. The summed E-state index contributed by atoms with van der Waals surface area (Å²) < 4.78 is 26.2. The van der Waals surface area contributed by atoms with Crippen LogP contribution in [0.2, 0.25) is 10.0 Å². The Labute approximate surface area is 177 Å². The lowest BCUT2D eigenvalue weighted by molar-refractivity contribution is -0.122. The van der Waals surface area contributed by atoms with Crippen molar-refractivity contribution >= 4 is 55.1 Å². The molecule has 146 valence electrons. The minimum atomic E-state index is -3.60. The van der Waals surface area contributed by atoms with Crippen LogP contribution in [0.3, 0.4) is 0 Å². The quantitative estimate of drug-likeness (QED) is 0.621. The predicted octanol–water partition coefficient (Wildman–Crippen LogP) is 4.39. The van der Waals surface area contributed by atoms with E-state index < -0.39 is 15.9 Å². The van der Waals surface area contributed by atoms with Gasteiger partial charge in [0, 0.05) is 11.0 Å². The van der Waals surface area contributed by atoms with E-state index in [2.05, 4.69) is 21.2 Å². The largest absolute Gasteiger partial charge is 0.348 e. The normalized spacial score (nSPS) is 12.8. The molecule has 0 saturated heterocycles. The van der Waals surface area contributed by atoms with Gasteiger partial charge in [0.1, 0.15) is 0 Å². The molecule has 5 nitrogen and oxygen atoms in total. The third-order valence-electron chi connectivity index (χ3n) is 3.86. The van der Waals surface area contributed by atoms with Crippen LogP contribution in [0.25, 0.3) is 0 Å². The lowest BCUT2D eigenvalue weighted by Gasteiger charge is -2.21. The fraction of sp³-hybridized carbons (Fsp3) is 0.278. The number of halogens is 3. The van der Waals surface area contributed by atoms with E-state index in [-0.39, 0.29) is 19.1 Å². The van der Waals surface area contributed by atoms with E-state index >= 15 is 0 Å². The summed E-state index contributed by atoms with van der Waals surface area (Å²) in [5.41, 5.74) is 1.55. The molecule has 0 aliphatic rings.